The molecule has 1 saturated heterocycles. The van der Waals surface area contributed by atoms with E-state index in [1.165, 1.54) is 32.1 Å². The molecule has 2 fully saturated rings. The number of carbonyl (C=O) groups is 1. The molecule has 1 aliphatic heterocycles. The van der Waals surface area contributed by atoms with Crippen LogP contribution >= 0.6 is 0 Å². The third kappa shape index (κ3) is 4.73. The van der Waals surface area contributed by atoms with Gasteiger partial charge in [-0.15, -0.1) is 0 Å². The lowest BCUT2D eigenvalue weighted by Crippen LogP contribution is -2.25. The molecule has 1 aromatic rings. The van der Waals surface area contributed by atoms with E-state index in [4.69, 9.17) is 9.47 Å². The van der Waals surface area contributed by atoms with Crippen LogP contribution < -0.4 is 4.74 Å². The molecule has 1 aliphatic carbocycles. The first-order valence-electron chi connectivity index (χ1n) is 9.29. The molecule has 1 saturated carbocycles. The molecular formula is C20H28O4. The van der Waals surface area contributed by atoms with Gasteiger partial charge in [-0.3, -0.25) is 4.79 Å². The number of carboxylic acid groups (broad SMARTS) is 1. The van der Waals surface area contributed by atoms with Gasteiger partial charge in [0.05, 0.1) is 18.6 Å². The smallest absolute Gasteiger partial charge is 0.306 e. The lowest BCUT2D eigenvalue weighted by atomic mass is 9.87. The largest absolute Gasteiger partial charge is 0.494 e. The summed E-state index contributed by atoms with van der Waals surface area (Å²) in [5, 5.41) is 9.22. The van der Waals surface area contributed by atoms with Gasteiger partial charge in [-0.2, -0.15) is 0 Å². The van der Waals surface area contributed by atoms with Crippen LogP contribution in [0.5, 0.6) is 5.75 Å². The number of aliphatic carboxylic acids is 1. The molecule has 2 unspecified atom stereocenters. The maximum Gasteiger partial charge on any atom is 0.306 e. The summed E-state index contributed by atoms with van der Waals surface area (Å²) in [5.41, 5.74) is 1.02. The van der Waals surface area contributed by atoms with Crippen LogP contribution in [0.3, 0.4) is 0 Å². The SMILES string of the molecule is O=C(O)C1CCOC(c2cccc(OCCC3CCCCC3)c2)C1. The molecule has 2 atom stereocenters. The van der Waals surface area contributed by atoms with Crippen LogP contribution in [-0.2, 0) is 9.53 Å². The van der Waals surface area contributed by atoms with Crippen molar-refractivity contribution in [3.05, 3.63) is 29.8 Å². The van der Waals surface area contributed by atoms with Gasteiger partial charge in [-0.05, 0) is 42.9 Å². The minimum Gasteiger partial charge on any atom is -0.494 e. The monoisotopic (exact) mass is 332 g/mol. The minimum atomic E-state index is -0.719. The summed E-state index contributed by atoms with van der Waals surface area (Å²) < 4.78 is 11.7. The molecule has 0 bridgehead atoms. The van der Waals surface area contributed by atoms with Crippen molar-refractivity contribution in [2.75, 3.05) is 13.2 Å². The minimum absolute atomic E-state index is 0.137. The van der Waals surface area contributed by atoms with Crippen LogP contribution in [0.25, 0.3) is 0 Å². The van der Waals surface area contributed by atoms with E-state index >= 15 is 0 Å². The molecule has 132 valence electrons. The number of hydrogen-bond donors (Lipinski definition) is 1. The third-order valence-electron chi connectivity index (χ3n) is 5.38. The molecule has 24 heavy (non-hydrogen) atoms. The lowest BCUT2D eigenvalue weighted by molar-refractivity contribution is -0.147. The summed E-state index contributed by atoms with van der Waals surface area (Å²) in [4.78, 5) is 11.2. The Morgan fingerprint density at radius 1 is 1.21 bits per heavy atom. The van der Waals surface area contributed by atoms with E-state index in [0.717, 1.165) is 30.3 Å². The first-order valence-corrected chi connectivity index (χ1v) is 9.29. The van der Waals surface area contributed by atoms with Crippen molar-refractivity contribution in [1.82, 2.24) is 0 Å². The van der Waals surface area contributed by atoms with Crippen molar-refractivity contribution in [3.63, 3.8) is 0 Å². The number of carboxylic acids is 1. The molecule has 0 amide bonds. The summed E-state index contributed by atoms with van der Waals surface area (Å²) in [5.74, 6) is 0.659. The van der Waals surface area contributed by atoms with E-state index in [9.17, 15) is 9.90 Å². The van der Waals surface area contributed by atoms with Crippen molar-refractivity contribution in [3.8, 4) is 5.75 Å². The standard InChI is InChI=1S/C20H28O4/c21-20(22)17-10-12-24-19(14-17)16-7-4-8-18(13-16)23-11-9-15-5-2-1-3-6-15/h4,7-8,13,15,17,19H,1-3,5-6,9-12,14H2,(H,21,22). The molecule has 3 rings (SSSR count). The average molecular weight is 332 g/mol. The highest BCUT2D eigenvalue weighted by molar-refractivity contribution is 5.70. The van der Waals surface area contributed by atoms with Gasteiger partial charge in [0.15, 0.2) is 0 Å². The van der Waals surface area contributed by atoms with Crippen molar-refractivity contribution < 1.29 is 19.4 Å². The van der Waals surface area contributed by atoms with Gasteiger partial charge in [0.25, 0.3) is 0 Å². The summed E-state index contributed by atoms with van der Waals surface area (Å²) >= 11 is 0. The number of hydrogen-bond acceptors (Lipinski definition) is 3. The molecule has 4 nitrogen and oxygen atoms in total. The molecular weight excluding hydrogens is 304 g/mol. The van der Waals surface area contributed by atoms with Gasteiger partial charge in [-0.1, -0.05) is 44.2 Å². The van der Waals surface area contributed by atoms with Crippen molar-refractivity contribution >= 4 is 5.97 Å². The van der Waals surface area contributed by atoms with Gasteiger partial charge in [-0.25, -0.2) is 0 Å². The lowest BCUT2D eigenvalue weighted by Gasteiger charge is -2.27. The summed E-state index contributed by atoms with van der Waals surface area (Å²) in [6.45, 7) is 1.27. The number of ether oxygens (including phenoxy) is 2. The van der Waals surface area contributed by atoms with Crippen LogP contribution in [0.1, 0.15) is 63.0 Å². The Bertz CT molecular complexity index is 536. The Hall–Kier alpha value is -1.55. The van der Waals surface area contributed by atoms with Crippen molar-refractivity contribution in [2.45, 2.75) is 57.5 Å². The maximum absolute atomic E-state index is 11.2. The topological polar surface area (TPSA) is 55.8 Å². The summed E-state index contributed by atoms with van der Waals surface area (Å²) in [6.07, 6.45) is 8.94. The number of benzene rings is 1. The second kappa shape index (κ2) is 8.52. The van der Waals surface area contributed by atoms with E-state index in [2.05, 4.69) is 0 Å². The zero-order chi connectivity index (χ0) is 16.8. The van der Waals surface area contributed by atoms with E-state index in [0.29, 0.717) is 19.4 Å². The van der Waals surface area contributed by atoms with Crippen LogP contribution in [0.2, 0.25) is 0 Å². The normalized spacial score (nSPS) is 25.3. The Balaban J connectivity index is 1.52. The van der Waals surface area contributed by atoms with Crippen LogP contribution in [0.4, 0.5) is 0 Å². The molecule has 4 heteroatoms. The van der Waals surface area contributed by atoms with Crippen LogP contribution in [0, 0.1) is 11.8 Å². The Labute approximate surface area is 144 Å². The number of rotatable bonds is 6. The molecule has 1 N–H and O–H groups in total. The van der Waals surface area contributed by atoms with E-state index in [-0.39, 0.29) is 12.0 Å². The molecule has 0 spiro atoms. The Morgan fingerprint density at radius 2 is 2.04 bits per heavy atom. The highest BCUT2D eigenvalue weighted by Crippen LogP contribution is 2.33. The summed E-state index contributed by atoms with van der Waals surface area (Å²) in [7, 11) is 0. The highest BCUT2D eigenvalue weighted by atomic mass is 16.5. The molecule has 1 heterocycles. The van der Waals surface area contributed by atoms with Gasteiger partial charge >= 0.3 is 5.97 Å². The zero-order valence-corrected chi connectivity index (χ0v) is 14.3. The van der Waals surface area contributed by atoms with Gasteiger partial charge in [0.1, 0.15) is 5.75 Å². The fourth-order valence-electron chi connectivity index (χ4n) is 3.88. The van der Waals surface area contributed by atoms with Crippen molar-refractivity contribution in [1.29, 1.82) is 0 Å². The Kier molecular flexibility index (Phi) is 6.13. The second-order valence-electron chi connectivity index (χ2n) is 7.13. The van der Waals surface area contributed by atoms with Gasteiger partial charge < -0.3 is 14.6 Å². The maximum atomic E-state index is 11.2. The molecule has 1 aromatic carbocycles. The predicted octanol–water partition coefficient (Wildman–Crippen LogP) is 4.59. The van der Waals surface area contributed by atoms with Gasteiger partial charge in [0, 0.05) is 6.61 Å². The van der Waals surface area contributed by atoms with E-state index < -0.39 is 5.97 Å². The fraction of sp³-hybridized carbons (Fsp3) is 0.650. The fourth-order valence-corrected chi connectivity index (χ4v) is 3.88. The summed E-state index contributed by atoms with van der Waals surface area (Å²) in [6, 6.07) is 7.96. The quantitative estimate of drug-likeness (QED) is 0.828. The first kappa shape index (κ1) is 17.3. The predicted molar refractivity (Wildman–Crippen MR) is 92.2 cm³/mol. The van der Waals surface area contributed by atoms with Crippen molar-refractivity contribution in [2.24, 2.45) is 11.8 Å². The van der Waals surface area contributed by atoms with Gasteiger partial charge in [0.2, 0.25) is 0 Å². The molecule has 0 radical (unpaired) electrons. The zero-order valence-electron chi connectivity index (χ0n) is 14.3. The molecule has 0 aromatic heterocycles. The van der Waals surface area contributed by atoms with E-state index in [1.54, 1.807) is 0 Å². The average Bonchev–Trinajstić information content (AvgIpc) is 2.63. The third-order valence-corrected chi connectivity index (χ3v) is 5.38. The second-order valence-corrected chi connectivity index (χ2v) is 7.13. The highest BCUT2D eigenvalue weighted by Gasteiger charge is 2.28. The van der Waals surface area contributed by atoms with Crippen LogP contribution in [0.15, 0.2) is 24.3 Å². The molecule has 2 aliphatic rings. The van der Waals surface area contributed by atoms with E-state index in [1.807, 2.05) is 24.3 Å². The first-order chi connectivity index (χ1) is 11.7. The van der Waals surface area contributed by atoms with Crippen LogP contribution in [-0.4, -0.2) is 24.3 Å². The Morgan fingerprint density at radius 3 is 2.83 bits per heavy atom.